The van der Waals surface area contributed by atoms with Gasteiger partial charge < -0.3 is 9.30 Å². The molecule has 3 nitrogen and oxygen atoms in total. The molecule has 0 radical (unpaired) electrons. The van der Waals surface area contributed by atoms with Crippen molar-refractivity contribution in [2.45, 2.75) is 19.4 Å². The van der Waals surface area contributed by atoms with Crippen LogP contribution < -0.4 is 4.74 Å². The molecule has 2 aromatic rings. The minimum atomic E-state index is -0.254. The summed E-state index contributed by atoms with van der Waals surface area (Å²) in [6, 6.07) is 5.83. The second kappa shape index (κ2) is 4.96. The molecule has 0 saturated heterocycles. The highest BCUT2D eigenvalue weighted by Gasteiger charge is 2.06. The van der Waals surface area contributed by atoms with E-state index in [2.05, 4.69) is 4.98 Å². The number of methoxy groups -OCH3 is 1. The van der Waals surface area contributed by atoms with Crippen LogP contribution in [0.2, 0.25) is 0 Å². The average Bonchev–Trinajstić information content (AvgIpc) is 2.73. The van der Waals surface area contributed by atoms with E-state index in [1.807, 2.05) is 22.8 Å². The summed E-state index contributed by atoms with van der Waals surface area (Å²) in [6.45, 7) is 0.545. The van der Waals surface area contributed by atoms with Gasteiger partial charge in [0.1, 0.15) is 11.3 Å². The predicted octanol–water partition coefficient (Wildman–Crippen LogP) is 2.79. The zero-order chi connectivity index (χ0) is 11.4. The van der Waals surface area contributed by atoms with E-state index in [0.717, 1.165) is 29.7 Å². The SMILES string of the molecule is COc1cccc2c1ncn2CCCCF. The first-order chi connectivity index (χ1) is 7.86. The number of halogens is 1. The highest BCUT2D eigenvalue weighted by atomic mass is 19.1. The van der Waals surface area contributed by atoms with Gasteiger partial charge in [-0.2, -0.15) is 0 Å². The Bertz CT molecular complexity index is 467. The summed E-state index contributed by atoms with van der Waals surface area (Å²) < 4.78 is 19.3. The highest BCUT2D eigenvalue weighted by Crippen LogP contribution is 2.23. The average molecular weight is 222 g/mol. The van der Waals surface area contributed by atoms with Crippen LogP contribution in [0, 0.1) is 0 Å². The maximum absolute atomic E-state index is 12.0. The van der Waals surface area contributed by atoms with Crippen molar-refractivity contribution < 1.29 is 9.13 Å². The van der Waals surface area contributed by atoms with Gasteiger partial charge in [0.25, 0.3) is 0 Å². The number of hydrogen-bond acceptors (Lipinski definition) is 2. The van der Waals surface area contributed by atoms with E-state index in [-0.39, 0.29) is 6.67 Å². The first kappa shape index (κ1) is 10.9. The highest BCUT2D eigenvalue weighted by molar-refractivity contribution is 5.81. The third-order valence-electron chi connectivity index (χ3n) is 2.62. The first-order valence-electron chi connectivity index (χ1n) is 5.40. The molecule has 0 saturated carbocycles. The van der Waals surface area contributed by atoms with Crippen LogP contribution in [0.3, 0.4) is 0 Å². The lowest BCUT2D eigenvalue weighted by atomic mass is 10.3. The summed E-state index contributed by atoms with van der Waals surface area (Å²) >= 11 is 0. The Morgan fingerprint density at radius 3 is 3.00 bits per heavy atom. The van der Waals surface area contributed by atoms with Crippen molar-refractivity contribution in [3.05, 3.63) is 24.5 Å². The molecule has 0 aliphatic carbocycles. The molecule has 0 spiro atoms. The van der Waals surface area contributed by atoms with Crippen molar-refractivity contribution in [1.29, 1.82) is 0 Å². The minimum absolute atomic E-state index is 0.254. The van der Waals surface area contributed by atoms with E-state index in [9.17, 15) is 4.39 Å². The molecule has 1 heterocycles. The van der Waals surface area contributed by atoms with E-state index >= 15 is 0 Å². The Kier molecular flexibility index (Phi) is 3.39. The van der Waals surface area contributed by atoms with Crippen molar-refractivity contribution in [2.75, 3.05) is 13.8 Å². The number of rotatable bonds is 5. The van der Waals surface area contributed by atoms with Gasteiger partial charge >= 0.3 is 0 Å². The summed E-state index contributed by atoms with van der Waals surface area (Å²) in [6.07, 6.45) is 3.22. The number of alkyl halides is 1. The lowest BCUT2D eigenvalue weighted by molar-refractivity contribution is 0.419. The molecule has 0 amide bonds. The van der Waals surface area contributed by atoms with Crippen molar-refractivity contribution in [3.63, 3.8) is 0 Å². The number of ether oxygens (including phenoxy) is 1. The maximum Gasteiger partial charge on any atom is 0.146 e. The molecule has 86 valence electrons. The minimum Gasteiger partial charge on any atom is -0.494 e. The Balaban J connectivity index is 2.27. The first-order valence-corrected chi connectivity index (χ1v) is 5.40. The molecular formula is C12H15FN2O. The number of aryl methyl sites for hydroxylation is 1. The fraction of sp³-hybridized carbons (Fsp3) is 0.417. The lowest BCUT2D eigenvalue weighted by Crippen LogP contribution is -1.96. The number of fused-ring (bicyclic) bond motifs is 1. The monoisotopic (exact) mass is 222 g/mol. The topological polar surface area (TPSA) is 27.1 Å². The summed E-state index contributed by atoms with van der Waals surface area (Å²) in [4.78, 5) is 4.31. The lowest BCUT2D eigenvalue weighted by Gasteiger charge is -2.04. The van der Waals surface area contributed by atoms with Crippen molar-refractivity contribution in [1.82, 2.24) is 9.55 Å². The second-order valence-corrected chi connectivity index (χ2v) is 3.66. The number of hydrogen-bond donors (Lipinski definition) is 0. The van der Waals surface area contributed by atoms with E-state index in [4.69, 9.17) is 4.74 Å². The summed E-state index contributed by atoms with van der Waals surface area (Å²) in [5.41, 5.74) is 1.91. The van der Waals surface area contributed by atoms with Gasteiger partial charge in [-0.15, -0.1) is 0 Å². The zero-order valence-corrected chi connectivity index (χ0v) is 9.32. The Morgan fingerprint density at radius 2 is 2.25 bits per heavy atom. The number of nitrogens with zero attached hydrogens (tertiary/aromatic N) is 2. The third kappa shape index (κ3) is 2.01. The van der Waals surface area contributed by atoms with Crippen molar-refractivity contribution in [2.24, 2.45) is 0 Å². The van der Waals surface area contributed by atoms with Gasteiger partial charge in [-0.1, -0.05) is 6.07 Å². The zero-order valence-electron chi connectivity index (χ0n) is 9.32. The largest absolute Gasteiger partial charge is 0.494 e. The molecule has 1 aromatic heterocycles. The molecule has 2 rings (SSSR count). The van der Waals surface area contributed by atoms with Crippen LogP contribution in [0.5, 0.6) is 5.75 Å². The number of aromatic nitrogens is 2. The fourth-order valence-electron chi connectivity index (χ4n) is 1.78. The van der Waals surface area contributed by atoms with Crippen LogP contribution in [0.25, 0.3) is 11.0 Å². The van der Waals surface area contributed by atoms with Gasteiger partial charge in [-0.3, -0.25) is 4.39 Å². The molecule has 0 N–H and O–H groups in total. The second-order valence-electron chi connectivity index (χ2n) is 3.66. The quantitative estimate of drug-likeness (QED) is 0.727. The fourth-order valence-corrected chi connectivity index (χ4v) is 1.78. The standard InChI is InChI=1S/C12H15FN2O/c1-16-11-6-4-5-10-12(11)14-9-15(10)8-3-2-7-13/h4-6,9H,2-3,7-8H2,1H3. The van der Waals surface area contributed by atoms with Crippen LogP contribution in [0.15, 0.2) is 24.5 Å². The smallest absolute Gasteiger partial charge is 0.146 e. The number of para-hydroxylation sites is 1. The van der Waals surface area contributed by atoms with Crippen molar-refractivity contribution in [3.8, 4) is 5.75 Å². The molecule has 1 aromatic carbocycles. The van der Waals surface area contributed by atoms with Crippen LogP contribution in [-0.4, -0.2) is 23.3 Å². The van der Waals surface area contributed by atoms with Gasteiger partial charge in [0.15, 0.2) is 0 Å². The van der Waals surface area contributed by atoms with Gasteiger partial charge in [0, 0.05) is 6.54 Å². The van der Waals surface area contributed by atoms with E-state index in [1.165, 1.54) is 0 Å². The Hall–Kier alpha value is -1.58. The van der Waals surface area contributed by atoms with Crippen LogP contribution in [0.1, 0.15) is 12.8 Å². The Labute approximate surface area is 93.9 Å². The third-order valence-corrected chi connectivity index (χ3v) is 2.62. The maximum atomic E-state index is 12.0. The number of benzene rings is 1. The van der Waals surface area contributed by atoms with E-state index in [1.54, 1.807) is 13.4 Å². The number of unbranched alkanes of at least 4 members (excludes halogenated alkanes) is 1. The van der Waals surface area contributed by atoms with Gasteiger partial charge in [-0.25, -0.2) is 4.98 Å². The number of imidazole rings is 1. The van der Waals surface area contributed by atoms with E-state index in [0.29, 0.717) is 6.42 Å². The van der Waals surface area contributed by atoms with Gasteiger partial charge in [0.05, 0.1) is 25.6 Å². The van der Waals surface area contributed by atoms with Crippen LogP contribution in [0.4, 0.5) is 4.39 Å². The normalized spacial score (nSPS) is 10.9. The Morgan fingerprint density at radius 1 is 1.38 bits per heavy atom. The predicted molar refractivity (Wildman–Crippen MR) is 61.5 cm³/mol. The molecule has 4 heteroatoms. The van der Waals surface area contributed by atoms with Crippen LogP contribution in [-0.2, 0) is 6.54 Å². The van der Waals surface area contributed by atoms with Gasteiger partial charge in [0.2, 0.25) is 0 Å². The molecule has 0 aliphatic heterocycles. The van der Waals surface area contributed by atoms with Gasteiger partial charge in [-0.05, 0) is 25.0 Å². The van der Waals surface area contributed by atoms with Crippen molar-refractivity contribution >= 4 is 11.0 Å². The summed E-state index contributed by atoms with van der Waals surface area (Å²) in [5.74, 6) is 0.779. The van der Waals surface area contributed by atoms with Crippen LogP contribution >= 0.6 is 0 Å². The van der Waals surface area contributed by atoms with E-state index < -0.39 is 0 Å². The molecule has 0 unspecified atom stereocenters. The molecular weight excluding hydrogens is 207 g/mol. The molecule has 16 heavy (non-hydrogen) atoms. The molecule has 0 fully saturated rings. The molecule has 0 aliphatic rings. The molecule has 0 bridgehead atoms. The summed E-state index contributed by atoms with van der Waals surface area (Å²) in [5, 5.41) is 0. The molecule has 0 atom stereocenters. The summed E-state index contributed by atoms with van der Waals surface area (Å²) in [7, 11) is 1.64.